The van der Waals surface area contributed by atoms with Crippen LogP contribution < -0.4 is 0 Å². The normalized spacial score (nSPS) is 19.0. The van der Waals surface area contributed by atoms with Gasteiger partial charge in [-0.3, -0.25) is 9.59 Å². The number of ether oxygens (including phenoxy) is 2. The molecule has 0 aliphatic carbocycles. The SMILES string of the molecule is CCOC(=O)CCC1C(OCc2ccccc2)CC(=O)N1Cc1ccccc1. The Labute approximate surface area is 166 Å². The largest absolute Gasteiger partial charge is 0.466 e. The van der Waals surface area contributed by atoms with Gasteiger partial charge in [-0.1, -0.05) is 60.7 Å². The summed E-state index contributed by atoms with van der Waals surface area (Å²) in [5.74, 6) is -0.168. The summed E-state index contributed by atoms with van der Waals surface area (Å²) in [6.45, 7) is 3.14. The molecular formula is C23H27NO4. The van der Waals surface area contributed by atoms with Crippen molar-refractivity contribution in [3.63, 3.8) is 0 Å². The van der Waals surface area contributed by atoms with Crippen LogP contribution in [-0.4, -0.2) is 35.5 Å². The minimum atomic E-state index is -0.233. The third-order valence-corrected chi connectivity index (χ3v) is 4.98. The zero-order chi connectivity index (χ0) is 19.8. The van der Waals surface area contributed by atoms with Gasteiger partial charge in [0.15, 0.2) is 0 Å². The Morgan fingerprint density at radius 3 is 2.32 bits per heavy atom. The fourth-order valence-corrected chi connectivity index (χ4v) is 3.58. The predicted molar refractivity (Wildman–Crippen MR) is 106 cm³/mol. The number of benzene rings is 2. The number of carbonyl (C=O) groups excluding carboxylic acids is 2. The van der Waals surface area contributed by atoms with E-state index in [1.165, 1.54) is 0 Å². The minimum Gasteiger partial charge on any atom is -0.466 e. The van der Waals surface area contributed by atoms with E-state index in [4.69, 9.17) is 9.47 Å². The van der Waals surface area contributed by atoms with Crippen LogP contribution in [-0.2, 0) is 32.2 Å². The third-order valence-electron chi connectivity index (χ3n) is 4.98. The van der Waals surface area contributed by atoms with Gasteiger partial charge in [0.1, 0.15) is 0 Å². The Morgan fingerprint density at radius 2 is 1.68 bits per heavy atom. The number of nitrogens with zero attached hydrogens (tertiary/aromatic N) is 1. The molecule has 0 spiro atoms. The summed E-state index contributed by atoms with van der Waals surface area (Å²) in [4.78, 5) is 26.4. The summed E-state index contributed by atoms with van der Waals surface area (Å²) in [6, 6.07) is 19.7. The Kier molecular flexibility index (Phi) is 7.20. The predicted octanol–water partition coefficient (Wildman–Crippen LogP) is 3.72. The molecule has 1 aliphatic heterocycles. The first-order valence-corrected chi connectivity index (χ1v) is 9.82. The van der Waals surface area contributed by atoms with E-state index < -0.39 is 0 Å². The molecular weight excluding hydrogens is 354 g/mol. The molecule has 1 aliphatic rings. The number of hydrogen-bond donors (Lipinski definition) is 0. The summed E-state index contributed by atoms with van der Waals surface area (Å²) in [5.41, 5.74) is 2.14. The van der Waals surface area contributed by atoms with Crippen LogP contribution in [0.2, 0.25) is 0 Å². The summed E-state index contributed by atoms with van der Waals surface area (Å²) in [5, 5.41) is 0. The molecule has 2 unspecified atom stereocenters. The fraction of sp³-hybridized carbons (Fsp3) is 0.391. The second kappa shape index (κ2) is 10.0. The van der Waals surface area contributed by atoms with E-state index in [1.807, 2.05) is 65.6 Å². The van der Waals surface area contributed by atoms with Crippen LogP contribution in [0.3, 0.4) is 0 Å². The van der Waals surface area contributed by atoms with Gasteiger partial charge in [-0.25, -0.2) is 0 Å². The zero-order valence-electron chi connectivity index (χ0n) is 16.3. The van der Waals surface area contributed by atoms with Crippen molar-refractivity contribution in [2.24, 2.45) is 0 Å². The molecule has 0 saturated carbocycles. The standard InChI is InChI=1S/C23H27NO4/c1-2-27-23(26)14-13-20-21(28-17-19-11-7-4-8-12-19)15-22(25)24(20)16-18-9-5-3-6-10-18/h3-12,20-21H,2,13-17H2,1H3. The molecule has 1 saturated heterocycles. The van der Waals surface area contributed by atoms with E-state index in [9.17, 15) is 9.59 Å². The minimum absolute atomic E-state index is 0.0655. The average Bonchev–Trinajstić information content (AvgIpc) is 3.01. The van der Waals surface area contributed by atoms with Gasteiger partial charge in [0.05, 0.1) is 31.8 Å². The Hall–Kier alpha value is -2.66. The van der Waals surface area contributed by atoms with E-state index in [0.717, 1.165) is 11.1 Å². The van der Waals surface area contributed by atoms with E-state index >= 15 is 0 Å². The molecule has 2 aromatic rings. The summed E-state index contributed by atoms with van der Waals surface area (Å²) < 4.78 is 11.2. The number of likely N-dealkylation sites (tertiary alicyclic amines) is 1. The van der Waals surface area contributed by atoms with Crippen molar-refractivity contribution < 1.29 is 19.1 Å². The molecule has 148 valence electrons. The molecule has 0 bridgehead atoms. The summed E-state index contributed by atoms with van der Waals surface area (Å²) >= 11 is 0. The Balaban J connectivity index is 1.69. The van der Waals surface area contributed by atoms with Gasteiger partial charge in [-0.2, -0.15) is 0 Å². The molecule has 2 aromatic carbocycles. The number of carbonyl (C=O) groups is 2. The Bertz CT molecular complexity index is 763. The first-order chi connectivity index (χ1) is 13.7. The molecule has 1 fully saturated rings. The average molecular weight is 381 g/mol. The number of hydrogen-bond acceptors (Lipinski definition) is 4. The lowest BCUT2D eigenvalue weighted by atomic mass is 10.1. The summed E-state index contributed by atoms with van der Waals surface area (Å²) in [7, 11) is 0. The van der Waals surface area contributed by atoms with Gasteiger partial charge >= 0.3 is 5.97 Å². The van der Waals surface area contributed by atoms with E-state index in [2.05, 4.69) is 0 Å². The van der Waals surface area contributed by atoms with Crippen LogP contribution in [0, 0.1) is 0 Å². The van der Waals surface area contributed by atoms with Crippen LogP contribution in [0.4, 0.5) is 0 Å². The van der Waals surface area contributed by atoms with Crippen LogP contribution in [0.25, 0.3) is 0 Å². The molecule has 2 atom stereocenters. The molecule has 5 heteroatoms. The van der Waals surface area contributed by atoms with E-state index in [0.29, 0.717) is 32.6 Å². The van der Waals surface area contributed by atoms with Gasteiger partial charge < -0.3 is 14.4 Å². The quantitative estimate of drug-likeness (QED) is 0.621. The monoisotopic (exact) mass is 381 g/mol. The first-order valence-electron chi connectivity index (χ1n) is 9.82. The molecule has 1 heterocycles. The molecule has 5 nitrogen and oxygen atoms in total. The van der Waals surface area contributed by atoms with Gasteiger partial charge in [-0.15, -0.1) is 0 Å². The molecule has 0 radical (unpaired) electrons. The van der Waals surface area contributed by atoms with E-state index in [-0.39, 0.29) is 30.4 Å². The lowest BCUT2D eigenvalue weighted by molar-refractivity contribution is -0.144. The Morgan fingerprint density at radius 1 is 1.04 bits per heavy atom. The maximum Gasteiger partial charge on any atom is 0.305 e. The maximum atomic E-state index is 12.7. The van der Waals surface area contributed by atoms with Crippen molar-refractivity contribution in [3.8, 4) is 0 Å². The van der Waals surface area contributed by atoms with Crippen molar-refractivity contribution in [1.29, 1.82) is 0 Å². The molecule has 1 amide bonds. The maximum absolute atomic E-state index is 12.7. The van der Waals surface area contributed by atoms with Crippen LogP contribution in [0.5, 0.6) is 0 Å². The number of rotatable bonds is 9. The van der Waals surface area contributed by atoms with Gasteiger partial charge in [0.25, 0.3) is 0 Å². The lowest BCUT2D eigenvalue weighted by Gasteiger charge is -2.28. The zero-order valence-corrected chi connectivity index (χ0v) is 16.3. The van der Waals surface area contributed by atoms with Gasteiger partial charge in [0, 0.05) is 13.0 Å². The fourth-order valence-electron chi connectivity index (χ4n) is 3.58. The summed E-state index contributed by atoms with van der Waals surface area (Å²) in [6.07, 6.45) is 0.928. The van der Waals surface area contributed by atoms with Gasteiger partial charge in [-0.05, 0) is 24.5 Å². The van der Waals surface area contributed by atoms with E-state index in [1.54, 1.807) is 6.92 Å². The van der Waals surface area contributed by atoms with Crippen molar-refractivity contribution in [2.75, 3.05) is 6.61 Å². The molecule has 28 heavy (non-hydrogen) atoms. The van der Waals surface area contributed by atoms with Crippen LogP contribution in [0.1, 0.15) is 37.3 Å². The van der Waals surface area contributed by atoms with Crippen molar-refractivity contribution >= 4 is 11.9 Å². The van der Waals surface area contributed by atoms with Crippen molar-refractivity contribution in [3.05, 3.63) is 71.8 Å². The van der Waals surface area contributed by atoms with Crippen molar-refractivity contribution in [2.45, 2.75) is 51.5 Å². The molecule has 0 aromatic heterocycles. The highest BCUT2D eigenvalue weighted by molar-refractivity contribution is 5.80. The van der Waals surface area contributed by atoms with Crippen LogP contribution >= 0.6 is 0 Å². The lowest BCUT2D eigenvalue weighted by Crippen LogP contribution is -2.38. The first kappa shape index (κ1) is 20.1. The highest BCUT2D eigenvalue weighted by Crippen LogP contribution is 2.28. The van der Waals surface area contributed by atoms with Crippen LogP contribution in [0.15, 0.2) is 60.7 Å². The second-order valence-electron chi connectivity index (χ2n) is 6.96. The topological polar surface area (TPSA) is 55.8 Å². The highest BCUT2D eigenvalue weighted by atomic mass is 16.5. The highest BCUT2D eigenvalue weighted by Gasteiger charge is 2.40. The molecule has 3 rings (SSSR count). The number of esters is 1. The van der Waals surface area contributed by atoms with Crippen molar-refractivity contribution in [1.82, 2.24) is 4.90 Å². The number of amides is 1. The third kappa shape index (κ3) is 5.42. The smallest absolute Gasteiger partial charge is 0.305 e. The molecule has 0 N–H and O–H groups in total. The second-order valence-corrected chi connectivity index (χ2v) is 6.96. The van der Waals surface area contributed by atoms with Gasteiger partial charge in [0.2, 0.25) is 5.91 Å².